The van der Waals surface area contributed by atoms with Gasteiger partial charge in [-0.3, -0.25) is 4.79 Å². The largest absolute Gasteiger partial charge is 0.491 e. The van der Waals surface area contributed by atoms with Gasteiger partial charge < -0.3 is 14.4 Å². The van der Waals surface area contributed by atoms with Crippen molar-refractivity contribution in [3.8, 4) is 22.6 Å². The summed E-state index contributed by atoms with van der Waals surface area (Å²) in [6, 6.07) is 4.33. The Labute approximate surface area is 181 Å². The van der Waals surface area contributed by atoms with E-state index >= 15 is 0 Å². The Hall–Kier alpha value is -3.55. The highest BCUT2D eigenvalue weighted by Gasteiger charge is 2.25. The van der Waals surface area contributed by atoms with Gasteiger partial charge in [-0.1, -0.05) is 18.2 Å². The van der Waals surface area contributed by atoms with Crippen molar-refractivity contribution in [1.82, 2.24) is 14.9 Å². The number of hydrogen-bond donors (Lipinski definition) is 0. The lowest BCUT2D eigenvalue weighted by Crippen LogP contribution is -2.32. The quantitative estimate of drug-likeness (QED) is 0.622. The van der Waals surface area contributed by atoms with Crippen molar-refractivity contribution in [3.05, 3.63) is 72.2 Å². The van der Waals surface area contributed by atoms with Crippen molar-refractivity contribution in [1.29, 1.82) is 0 Å². The summed E-state index contributed by atoms with van der Waals surface area (Å²) in [5.41, 5.74) is -0.772. The Kier molecular flexibility index (Phi) is 3.46. The smallest absolute Gasteiger partial charge is 0.394 e. The fourth-order valence-corrected chi connectivity index (χ4v) is 2.64. The summed E-state index contributed by atoms with van der Waals surface area (Å²) in [5, 5.41) is 0. The highest BCUT2D eigenvalue weighted by atomic mass is 19.3. The number of benzene rings is 2. The molecule has 3 aromatic rings. The van der Waals surface area contributed by atoms with Crippen LogP contribution in [0.4, 0.5) is 8.78 Å². The number of hydrogen-bond acceptors (Lipinski definition) is 5. The van der Waals surface area contributed by atoms with Crippen molar-refractivity contribution in [2.24, 2.45) is 0 Å². The summed E-state index contributed by atoms with van der Waals surface area (Å²) in [4.78, 5) is 22.0. The number of aromatic nitrogens is 2. The summed E-state index contributed by atoms with van der Waals surface area (Å²) in [6.45, 7) is -6.33. The van der Waals surface area contributed by atoms with E-state index < -0.39 is 61.1 Å². The topological polar surface area (TPSA) is 64.6 Å². The van der Waals surface area contributed by atoms with E-state index in [9.17, 15) is 13.6 Å². The maximum atomic E-state index is 13.6. The van der Waals surface area contributed by atoms with Gasteiger partial charge in [-0.15, -0.1) is 0 Å². The maximum absolute atomic E-state index is 13.6. The molecule has 1 amide bonds. The first-order valence-electron chi connectivity index (χ1n) is 12.2. The molecule has 0 N–H and O–H groups in total. The van der Waals surface area contributed by atoms with E-state index in [-0.39, 0.29) is 22.7 Å². The number of rotatable bonds is 5. The Morgan fingerprint density at radius 2 is 1.97 bits per heavy atom. The second-order valence-electron chi connectivity index (χ2n) is 6.26. The fourth-order valence-electron chi connectivity index (χ4n) is 2.64. The van der Waals surface area contributed by atoms with Crippen molar-refractivity contribution in [2.75, 3.05) is 13.1 Å². The highest BCUT2D eigenvalue weighted by molar-refractivity contribution is 5.98. The van der Waals surface area contributed by atoms with Gasteiger partial charge in [0.25, 0.3) is 5.91 Å². The van der Waals surface area contributed by atoms with Gasteiger partial charge in [0.05, 0.1) is 28.2 Å². The third-order valence-corrected chi connectivity index (χ3v) is 3.93. The SMILES string of the molecule is [2H]c1c([2H])c(-c2ccc(OC(C)(F)F)cc2)c([2H])c2c1OC([2H])([2H])C([2H])([2H])N(Cc1ncccn1)C2=O. The van der Waals surface area contributed by atoms with Crippen LogP contribution in [0.3, 0.4) is 0 Å². The van der Waals surface area contributed by atoms with Crippen molar-refractivity contribution in [2.45, 2.75) is 19.6 Å². The van der Waals surface area contributed by atoms with E-state index in [0.29, 0.717) is 11.8 Å². The van der Waals surface area contributed by atoms with Gasteiger partial charge in [-0.25, -0.2) is 9.97 Å². The van der Waals surface area contributed by atoms with Crippen LogP contribution < -0.4 is 9.47 Å². The average Bonchev–Trinajstić information content (AvgIpc) is 2.86. The molecule has 0 spiro atoms. The average molecular weight is 418 g/mol. The number of amides is 1. The molecule has 0 radical (unpaired) electrons. The number of fused-ring (bicyclic) bond motifs is 1. The van der Waals surface area contributed by atoms with Crippen LogP contribution in [0.15, 0.2) is 60.9 Å². The Balaban J connectivity index is 1.89. The molecule has 4 rings (SSSR count). The van der Waals surface area contributed by atoms with E-state index in [1.165, 1.54) is 30.6 Å². The first kappa shape index (κ1) is 12.9. The van der Waals surface area contributed by atoms with Crippen LogP contribution in [-0.2, 0) is 6.54 Å². The van der Waals surface area contributed by atoms with Gasteiger partial charge in [-0.05, 0) is 41.4 Å². The molecule has 0 bridgehead atoms. The number of ether oxygens (including phenoxy) is 2. The van der Waals surface area contributed by atoms with E-state index in [2.05, 4.69) is 14.7 Å². The summed E-state index contributed by atoms with van der Waals surface area (Å²) < 4.78 is 94.6. The molecule has 1 aliphatic rings. The van der Waals surface area contributed by atoms with E-state index in [4.69, 9.17) is 14.3 Å². The molecule has 6 nitrogen and oxygen atoms in total. The molecule has 2 heterocycles. The summed E-state index contributed by atoms with van der Waals surface area (Å²) >= 11 is 0. The molecule has 2 aromatic carbocycles. The molecule has 0 aliphatic carbocycles. The van der Waals surface area contributed by atoms with E-state index in [0.717, 1.165) is 12.1 Å². The molecule has 1 aromatic heterocycles. The third kappa shape index (κ3) is 4.53. The molecule has 0 saturated carbocycles. The van der Waals surface area contributed by atoms with Gasteiger partial charge >= 0.3 is 6.11 Å². The van der Waals surface area contributed by atoms with Gasteiger partial charge in [0, 0.05) is 19.3 Å². The lowest BCUT2D eigenvalue weighted by atomic mass is 10.0. The number of nitrogens with zero attached hydrogens (tertiary/aromatic N) is 3. The predicted octanol–water partition coefficient (Wildman–Crippen LogP) is 4.17. The second kappa shape index (κ2) is 8.06. The van der Waals surface area contributed by atoms with Gasteiger partial charge in [-0.2, -0.15) is 8.78 Å². The van der Waals surface area contributed by atoms with E-state index in [1.807, 2.05) is 0 Å². The van der Waals surface area contributed by atoms with Crippen LogP contribution in [0, 0.1) is 0 Å². The van der Waals surface area contributed by atoms with Crippen LogP contribution in [0.1, 0.15) is 32.7 Å². The summed E-state index contributed by atoms with van der Waals surface area (Å²) in [7, 11) is 0. The van der Waals surface area contributed by atoms with Crippen LogP contribution in [-0.4, -0.2) is 39.9 Å². The van der Waals surface area contributed by atoms with Gasteiger partial charge in [0.1, 0.15) is 23.9 Å². The second-order valence-corrected chi connectivity index (χ2v) is 6.26. The van der Waals surface area contributed by atoms with E-state index in [1.54, 1.807) is 0 Å². The maximum Gasteiger partial charge on any atom is 0.394 e. The Bertz CT molecular complexity index is 1350. The molecule has 8 heteroatoms. The molecule has 30 heavy (non-hydrogen) atoms. The third-order valence-electron chi connectivity index (χ3n) is 3.93. The van der Waals surface area contributed by atoms with Gasteiger partial charge in [0.2, 0.25) is 0 Å². The minimum absolute atomic E-state index is 0.0164. The minimum atomic E-state index is -3.45. The highest BCUT2D eigenvalue weighted by Crippen LogP contribution is 2.31. The lowest BCUT2D eigenvalue weighted by molar-refractivity contribution is -0.158. The monoisotopic (exact) mass is 418 g/mol. The molecule has 0 saturated heterocycles. The molecule has 1 aliphatic heterocycles. The van der Waals surface area contributed by atoms with Gasteiger partial charge in [0.15, 0.2) is 0 Å². The van der Waals surface area contributed by atoms with Crippen LogP contribution in [0.5, 0.6) is 11.5 Å². The molecule has 0 atom stereocenters. The normalized spacial score (nSPS) is 20.7. The summed E-state index contributed by atoms with van der Waals surface area (Å²) in [5.74, 6) is -2.17. The number of alkyl halides is 2. The summed E-state index contributed by atoms with van der Waals surface area (Å²) in [6.07, 6.45) is -0.748. The molecule has 0 unspecified atom stereocenters. The number of halogens is 2. The van der Waals surface area contributed by atoms with Crippen molar-refractivity contribution in [3.63, 3.8) is 0 Å². The van der Waals surface area contributed by atoms with Crippen LogP contribution in [0.2, 0.25) is 0 Å². The van der Waals surface area contributed by atoms with Crippen LogP contribution in [0.25, 0.3) is 11.1 Å². The molecular formula is C22H19F2N3O3. The molecule has 0 fully saturated rings. The first-order valence-corrected chi connectivity index (χ1v) is 8.72. The van der Waals surface area contributed by atoms with Crippen LogP contribution >= 0.6 is 0 Å². The zero-order valence-corrected chi connectivity index (χ0v) is 15.6. The zero-order valence-electron chi connectivity index (χ0n) is 22.6. The standard InChI is InChI=1S/C22H19F2N3O3/c1-22(23,24)30-17-6-3-15(4-7-17)16-5-8-19-18(13-16)21(28)27(11-12-29-19)14-20-25-9-2-10-26-20/h2-10,13H,11-12,14H2,1H3/i5D,8D,11D2,12D2,13D. The van der Waals surface area contributed by atoms with Crippen molar-refractivity contribution < 1.29 is 32.6 Å². The Morgan fingerprint density at radius 1 is 1.23 bits per heavy atom. The fraction of sp³-hybridized carbons (Fsp3) is 0.227. The Morgan fingerprint density at radius 3 is 2.67 bits per heavy atom. The predicted molar refractivity (Wildman–Crippen MR) is 105 cm³/mol. The number of carbonyl (C=O) groups excluding carboxylic acids is 1. The number of carbonyl (C=O) groups is 1. The molecule has 154 valence electrons. The molecular weight excluding hydrogens is 392 g/mol. The minimum Gasteiger partial charge on any atom is -0.491 e. The first-order chi connectivity index (χ1) is 17.1. The van der Waals surface area contributed by atoms with Crippen molar-refractivity contribution >= 4 is 5.91 Å². The zero-order chi connectivity index (χ0) is 27.3. The lowest BCUT2D eigenvalue weighted by Gasteiger charge is -2.19.